The second-order valence-electron chi connectivity index (χ2n) is 12.6. The van der Waals surface area contributed by atoms with Gasteiger partial charge in [-0.05, 0) is 74.2 Å². The van der Waals surface area contributed by atoms with E-state index in [0.29, 0.717) is 0 Å². The predicted molar refractivity (Wildman–Crippen MR) is 224 cm³/mol. The fraction of sp³-hybridized carbons (Fsp3) is 0.102. The molecule has 2 heterocycles. The Labute approximate surface area is 378 Å². The van der Waals surface area contributed by atoms with Crippen molar-refractivity contribution >= 4 is 28.4 Å². The molecular formula is C49H45AuCl2O2SiZr-4. The van der Waals surface area contributed by atoms with Crippen LogP contribution in [-0.4, -0.2) is 6.88 Å². The van der Waals surface area contributed by atoms with E-state index in [1.54, 1.807) is 0 Å². The zero-order valence-electron chi connectivity index (χ0n) is 32.5. The Morgan fingerprint density at radius 3 is 1.29 bits per heavy atom. The van der Waals surface area contributed by atoms with Gasteiger partial charge in [0.15, 0.2) is 0 Å². The maximum atomic E-state index is 5.77. The summed E-state index contributed by atoms with van der Waals surface area (Å²) in [7, 11) is 0. The number of hydrogen-bond donors (Lipinski definition) is 0. The van der Waals surface area contributed by atoms with Crippen molar-refractivity contribution in [3.63, 3.8) is 0 Å². The van der Waals surface area contributed by atoms with Crippen LogP contribution in [0.1, 0.15) is 29.1 Å². The SMILES string of the molecule is Cc1ccc(-c2cc3c(-c4ccccc4)c(C)ccc3[cH-]2)o1.Cc1ccc(-c2cc3c(-c4ccccc4)c(C)ccc3[cH-]2)o1.[Au+3].[C-]1=CC=CC1.[CH3-].[CH3-].[Cl-].[Cl-].[Si]=[Zr]. The number of halogens is 2. The fourth-order valence-electron chi connectivity index (χ4n) is 6.56. The van der Waals surface area contributed by atoms with Gasteiger partial charge in [-0.3, -0.25) is 6.08 Å². The Balaban J connectivity index is 0.000000444. The zero-order valence-corrected chi connectivity index (χ0v) is 39.7. The number of rotatable bonds is 4. The predicted octanol–water partition coefficient (Wildman–Crippen LogP) is 8.03. The standard InChI is InChI=1S/2C21H17O.C5H5.2CH3.Au.2ClH.Si.Zr/c2*1-14-8-10-17-12-18(20-11-9-15(2)22-20)13-19(17)21(14)16-6-4-3-5-7-16;1-2-4-5-3-1;;;;;;;/h2*3-13H,1-2H3;1-3H,4H2;2*1H3;;2*1H;;/q5*-1;+3;;;;/p-2. The van der Waals surface area contributed by atoms with Crippen molar-refractivity contribution in [3.05, 3.63) is 195 Å². The van der Waals surface area contributed by atoms with Gasteiger partial charge in [0, 0.05) is 0 Å². The van der Waals surface area contributed by atoms with Gasteiger partial charge in [-0.25, -0.2) is 12.2 Å². The molecule has 0 unspecified atom stereocenters. The van der Waals surface area contributed by atoms with Gasteiger partial charge < -0.3 is 48.5 Å². The molecule has 0 saturated heterocycles. The van der Waals surface area contributed by atoms with E-state index in [1.165, 1.54) is 78.3 Å². The van der Waals surface area contributed by atoms with Gasteiger partial charge in [-0.1, -0.05) is 95.1 Å². The van der Waals surface area contributed by atoms with E-state index < -0.39 is 0 Å². The van der Waals surface area contributed by atoms with Gasteiger partial charge in [0.1, 0.15) is 0 Å². The van der Waals surface area contributed by atoms with E-state index in [2.05, 4.69) is 142 Å². The van der Waals surface area contributed by atoms with E-state index in [4.69, 9.17) is 8.83 Å². The summed E-state index contributed by atoms with van der Waals surface area (Å²) in [6.45, 7) is 11.4. The monoisotopic (exact) mass is 1050 g/mol. The number of benzene rings is 4. The maximum absolute atomic E-state index is 5.77. The molecule has 7 heteroatoms. The van der Waals surface area contributed by atoms with Crippen LogP contribution >= 0.6 is 0 Å². The van der Waals surface area contributed by atoms with Crippen molar-refractivity contribution in [1.29, 1.82) is 0 Å². The average molecular weight is 1050 g/mol. The van der Waals surface area contributed by atoms with Crippen LogP contribution < -0.4 is 24.8 Å². The second-order valence-corrected chi connectivity index (χ2v) is 12.6. The molecule has 0 saturated carbocycles. The minimum atomic E-state index is 0. The van der Waals surface area contributed by atoms with Gasteiger partial charge >= 0.3 is 52.6 Å². The number of aryl methyl sites for hydroxylation is 4. The van der Waals surface area contributed by atoms with Crippen molar-refractivity contribution in [2.45, 2.75) is 34.1 Å². The van der Waals surface area contributed by atoms with Gasteiger partial charge in [0.25, 0.3) is 0 Å². The summed E-state index contributed by atoms with van der Waals surface area (Å²) in [6.07, 6.45) is 10.0. The van der Waals surface area contributed by atoms with E-state index in [0.717, 1.165) is 40.6 Å². The number of allylic oxidation sites excluding steroid dienone is 4. The van der Waals surface area contributed by atoms with E-state index in [1.807, 2.05) is 50.3 Å². The normalized spacial score (nSPS) is 10.4. The van der Waals surface area contributed by atoms with Crippen LogP contribution in [0, 0.1) is 48.6 Å². The van der Waals surface area contributed by atoms with Crippen LogP contribution in [0.5, 0.6) is 0 Å². The molecule has 1 aliphatic rings. The first kappa shape index (κ1) is 50.6. The summed E-state index contributed by atoms with van der Waals surface area (Å²) in [5, 5.41) is 5.09. The molecule has 2 aromatic heterocycles. The molecule has 290 valence electrons. The molecule has 2 radical (unpaired) electrons. The van der Waals surface area contributed by atoms with Crippen LogP contribution in [0.3, 0.4) is 0 Å². The molecule has 6 aromatic carbocycles. The molecule has 0 amide bonds. The number of fused-ring (bicyclic) bond motifs is 2. The molecule has 0 atom stereocenters. The summed E-state index contributed by atoms with van der Waals surface area (Å²) in [5.41, 5.74) is 10.0. The van der Waals surface area contributed by atoms with Crippen molar-refractivity contribution in [3.8, 4) is 44.9 Å². The molecular weight excluding hydrogens is 1010 g/mol. The summed E-state index contributed by atoms with van der Waals surface area (Å²) < 4.78 is 11.5. The van der Waals surface area contributed by atoms with Crippen molar-refractivity contribution in [2.75, 3.05) is 0 Å². The summed E-state index contributed by atoms with van der Waals surface area (Å²) in [5.74, 6) is 3.76. The molecule has 2 nitrogen and oxygen atoms in total. The first-order valence-corrected chi connectivity index (χ1v) is 21.2. The third kappa shape index (κ3) is 12.0. The summed E-state index contributed by atoms with van der Waals surface area (Å²) in [6, 6.07) is 46.9. The number of furan rings is 2. The first-order valence-electron chi connectivity index (χ1n) is 17.1. The average Bonchev–Trinajstić information content (AvgIpc) is 4.01. The Bertz CT molecular complexity index is 2260. The zero-order chi connectivity index (χ0) is 35.7. The van der Waals surface area contributed by atoms with Crippen LogP contribution in [0.25, 0.3) is 66.4 Å². The minimum absolute atomic E-state index is 0. The van der Waals surface area contributed by atoms with Gasteiger partial charge in [0.05, 0.1) is 23.0 Å². The van der Waals surface area contributed by atoms with E-state index >= 15 is 0 Å². The van der Waals surface area contributed by atoms with Crippen molar-refractivity contribution in [1.82, 2.24) is 0 Å². The van der Waals surface area contributed by atoms with Crippen molar-refractivity contribution < 1.29 is 79.4 Å². The molecule has 8 aromatic rings. The molecule has 0 bridgehead atoms. The Kier molecular flexibility index (Phi) is 22.0. The topological polar surface area (TPSA) is 26.3 Å². The molecule has 9 rings (SSSR count). The van der Waals surface area contributed by atoms with Crippen LogP contribution in [0.2, 0.25) is 0 Å². The third-order valence-corrected chi connectivity index (χ3v) is 8.96. The molecule has 0 spiro atoms. The fourth-order valence-corrected chi connectivity index (χ4v) is 6.56. The molecule has 1 aliphatic carbocycles. The quantitative estimate of drug-likeness (QED) is 0.132. The van der Waals surface area contributed by atoms with Crippen LogP contribution in [0.4, 0.5) is 0 Å². The molecule has 0 N–H and O–H groups in total. The Morgan fingerprint density at radius 2 is 0.982 bits per heavy atom. The van der Waals surface area contributed by atoms with Gasteiger partial charge in [-0.15, -0.1) is 64.4 Å². The summed E-state index contributed by atoms with van der Waals surface area (Å²) in [4.78, 5) is 0. The van der Waals surface area contributed by atoms with Gasteiger partial charge in [0.2, 0.25) is 0 Å². The van der Waals surface area contributed by atoms with Gasteiger partial charge in [-0.2, -0.15) is 6.08 Å². The molecule has 0 aliphatic heterocycles. The Morgan fingerprint density at radius 1 is 0.571 bits per heavy atom. The summed E-state index contributed by atoms with van der Waals surface area (Å²) >= 11 is 1.36. The van der Waals surface area contributed by atoms with Crippen LogP contribution in [0.15, 0.2) is 161 Å². The van der Waals surface area contributed by atoms with Crippen LogP contribution in [-0.2, 0) is 45.7 Å². The second kappa shape index (κ2) is 24.4. The first-order chi connectivity index (χ1) is 24.9. The van der Waals surface area contributed by atoms with E-state index in [9.17, 15) is 0 Å². The Hall–Kier alpha value is -3.44. The van der Waals surface area contributed by atoms with Crippen molar-refractivity contribution in [2.24, 2.45) is 0 Å². The molecule has 0 fully saturated rings. The molecule has 56 heavy (non-hydrogen) atoms. The third-order valence-electron chi connectivity index (χ3n) is 8.96. The van der Waals surface area contributed by atoms with E-state index in [-0.39, 0.29) is 62.0 Å². The number of hydrogen-bond acceptors (Lipinski definition) is 2.